The van der Waals surface area contributed by atoms with Gasteiger partial charge in [0.2, 0.25) is 0 Å². The van der Waals surface area contributed by atoms with E-state index in [9.17, 15) is 0 Å². The molecule has 0 aromatic heterocycles. The van der Waals surface area contributed by atoms with Gasteiger partial charge in [0.15, 0.2) is 0 Å². The van der Waals surface area contributed by atoms with Gasteiger partial charge >= 0.3 is 0 Å². The predicted molar refractivity (Wildman–Crippen MR) is 78.6 cm³/mol. The molecule has 1 N–H and O–H groups in total. The van der Waals surface area contributed by atoms with Crippen LogP contribution in [-0.2, 0) is 6.42 Å². The summed E-state index contributed by atoms with van der Waals surface area (Å²) in [6.07, 6.45) is 5.23. The minimum Gasteiger partial charge on any atom is -0.497 e. The van der Waals surface area contributed by atoms with E-state index in [1.165, 1.54) is 43.4 Å². The van der Waals surface area contributed by atoms with Gasteiger partial charge in [0, 0.05) is 12.6 Å². The molecule has 2 aliphatic carbocycles. The number of ether oxygens (including phenoxy) is 1. The smallest absolute Gasteiger partial charge is 0.119 e. The summed E-state index contributed by atoms with van der Waals surface area (Å²) in [6.45, 7) is 5.90. The van der Waals surface area contributed by atoms with Crippen molar-refractivity contribution in [2.24, 2.45) is 11.3 Å². The maximum atomic E-state index is 5.36. The van der Waals surface area contributed by atoms with Gasteiger partial charge in [0.25, 0.3) is 0 Å². The van der Waals surface area contributed by atoms with E-state index in [2.05, 4.69) is 37.4 Å². The van der Waals surface area contributed by atoms with Crippen molar-refractivity contribution < 1.29 is 4.74 Å². The summed E-state index contributed by atoms with van der Waals surface area (Å²) in [5.41, 5.74) is 3.54. The highest BCUT2D eigenvalue weighted by Crippen LogP contribution is 2.51. The Hall–Kier alpha value is -1.02. The zero-order chi connectivity index (χ0) is 13.5. The Bertz CT molecular complexity index is 462. The van der Waals surface area contributed by atoms with E-state index in [0.29, 0.717) is 11.5 Å². The van der Waals surface area contributed by atoms with Gasteiger partial charge in [-0.05, 0) is 60.3 Å². The van der Waals surface area contributed by atoms with Gasteiger partial charge in [-0.15, -0.1) is 0 Å². The first kappa shape index (κ1) is 13.0. The summed E-state index contributed by atoms with van der Waals surface area (Å²) in [6, 6.07) is 7.05. The molecule has 1 saturated carbocycles. The second-order valence-electron chi connectivity index (χ2n) is 6.55. The van der Waals surface area contributed by atoms with Gasteiger partial charge in [0.1, 0.15) is 5.75 Å². The van der Waals surface area contributed by atoms with Gasteiger partial charge in [-0.1, -0.05) is 19.9 Å². The average molecular weight is 259 g/mol. The van der Waals surface area contributed by atoms with Crippen LogP contribution in [0, 0.1) is 11.3 Å². The molecule has 1 atom stereocenters. The number of hydrogen-bond acceptors (Lipinski definition) is 2. The van der Waals surface area contributed by atoms with Crippen LogP contribution >= 0.6 is 0 Å². The molecular weight excluding hydrogens is 234 g/mol. The van der Waals surface area contributed by atoms with Crippen molar-refractivity contribution in [2.75, 3.05) is 13.7 Å². The molecule has 0 radical (unpaired) electrons. The predicted octanol–water partition coefficient (Wildman–Crippen LogP) is 3.71. The van der Waals surface area contributed by atoms with E-state index in [1.807, 2.05) is 0 Å². The summed E-state index contributed by atoms with van der Waals surface area (Å²) in [5, 5.41) is 3.82. The van der Waals surface area contributed by atoms with Crippen LogP contribution in [0.4, 0.5) is 0 Å². The minimum atomic E-state index is 0.529. The first-order valence-corrected chi connectivity index (χ1v) is 7.55. The number of hydrogen-bond donors (Lipinski definition) is 1. The third-order valence-corrected chi connectivity index (χ3v) is 5.25. The molecular formula is C17H25NO. The zero-order valence-electron chi connectivity index (χ0n) is 12.3. The maximum Gasteiger partial charge on any atom is 0.119 e. The molecule has 1 aromatic carbocycles. The number of aryl methyl sites for hydroxylation is 1. The van der Waals surface area contributed by atoms with Crippen LogP contribution in [-0.4, -0.2) is 13.7 Å². The van der Waals surface area contributed by atoms with Gasteiger partial charge in [-0.25, -0.2) is 0 Å². The molecule has 0 amide bonds. The Kier molecular flexibility index (Phi) is 3.30. The number of rotatable bonds is 5. The average Bonchev–Trinajstić information content (AvgIpc) is 3.11. The molecule has 104 valence electrons. The van der Waals surface area contributed by atoms with Crippen molar-refractivity contribution in [1.82, 2.24) is 5.32 Å². The van der Waals surface area contributed by atoms with Gasteiger partial charge in [-0.2, -0.15) is 0 Å². The molecule has 1 aromatic rings. The van der Waals surface area contributed by atoms with E-state index in [0.717, 1.165) is 11.7 Å². The Labute approximate surface area is 116 Å². The number of nitrogens with one attached hydrogen (secondary N) is 1. The lowest BCUT2D eigenvalue weighted by molar-refractivity contribution is 0.320. The quantitative estimate of drug-likeness (QED) is 0.870. The summed E-state index contributed by atoms with van der Waals surface area (Å²) < 4.78 is 5.36. The SMILES string of the molecule is COc1ccc2c(c1)C(NCC1(C(C)C)CC1)CC2. The minimum absolute atomic E-state index is 0.529. The fraction of sp³-hybridized carbons (Fsp3) is 0.647. The van der Waals surface area contributed by atoms with Crippen LogP contribution in [0.2, 0.25) is 0 Å². The second kappa shape index (κ2) is 4.82. The van der Waals surface area contributed by atoms with E-state index in [-0.39, 0.29) is 0 Å². The Morgan fingerprint density at radius 1 is 1.37 bits per heavy atom. The normalized spacial score (nSPS) is 23.5. The van der Waals surface area contributed by atoms with Crippen molar-refractivity contribution in [1.29, 1.82) is 0 Å². The molecule has 1 unspecified atom stereocenters. The first-order chi connectivity index (χ1) is 9.14. The molecule has 0 aliphatic heterocycles. The molecule has 3 rings (SSSR count). The third kappa shape index (κ3) is 2.38. The molecule has 2 heteroatoms. The van der Waals surface area contributed by atoms with Gasteiger partial charge in [-0.3, -0.25) is 0 Å². The molecule has 2 aliphatic rings. The third-order valence-electron chi connectivity index (χ3n) is 5.25. The maximum absolute atomic E-state index is 5.36. The Morgan fingerprint density at radius 2 is 2.16 bits per heavy atom. The Balaban J connectivity index is 1.69. The van der Waals surface area contributed by atoms with E-state index >= 15 is 0 Å². The summed E-state index contributed by atoms with van der Waals surface area (Å²) in [4.78, 5) is 0. The monoisotopic (exact) mass is 259 g/mol. The fourth-order valence-corrected chi connectivity index (χ4v) is 3.36. The largest absolute Gasteiger partial charge is 0.497 e. The second-order valence-corrected chi connectivity index (χ2v) is 6.55. The topological polar surface area (TPSA) is 21.3 Å². The van der Waals surface area contributed by atoms with Crippen molar-refractivity contribution in [3.05, 3.63) is 29.3 Å². The first-order valence-electron chi connectivity index (χ1n) is 7.55. The van der Waals surface area contributed by atoms with Crippen LogP contribution in [0.15, 0.2) is 18.2 Å². The van der Waals surface area contributed by atoms with Crippen LogP contribution in [0.25, 0.3) is 0 Å². The molecule has 0 saturated heterocycles. The van der Waals surface area contributed by atoms with Crippen LogP contribution in [0.3, 0.4) is 0 Å². The van der Waals surface area contributed by atoms with Crippen molar-refractivity contribution >= 4 is 0 Å². The van der Waals surface area contributed by atoms with Gasteiger partial charge < -0.3 is 10.1 Å². The van der Waals surface area contributed by atoms with Crippen molar-refractivity contribution in [3.63, 3.8) is 0 Å². The highest BCUT2D eigenvalue weighted by Gasteiger charge is 2.45. The zero-order valence-corrected chi connectivity index (χ0v) is 12.3. The van der Waals surface area contributed by atoms with E-state index in [1.54, 1.807) is 7.11 Å². The molecule has 1 fully saturated rings. The highest BCUT2D eigenvalue weighted by atomic mass is 16.5. The van der Waals surface area contributed by atoms with Crippen molar-refractivity contribution in [3.8, 4) is 5.75 Å². The number of fused-ring (bicyclic) bond motifs is 1. The van der Waals surface area contributed by atoms with E-state index < -0.39 is 0 Å². The molecule has 0 heterocycles. The van der Waals surface area contributed by atoms with Crippen LogP contribution in [0.1, 0.15) is 50.3 Å². The standard InChI is InChI=1S/C17H25NO/c1-12(2)17(8-9-17)11-18-16-7-5-13-4-6-14(19-3)10-15(13)16/h4,6,10,12,16,18H,5,7-9,11H2,1-3H3. The highest BCUT2D eigenvalue weighted by molar-refractivity contribution is 5.40. The summed E-state index contributed by atoms with van der Waals surface area (Å²) in [5.74, 6) is 1.78. The number of benzene rings is 1. The lowest BCUT2D eigenvalue weighted by Crippen LogP contribution is -2.30. The van der Waals surface area contributed by atoms with Crippen LogP contribution < -0.4 is 10.1 Å². The van der Waals surface area contributed by atoms with Crippen molar-refractivity contribution in [2.45, 2.75) is 45.6 Å². The molecule has 2 nitrogen and oxygen atoms in total. The van der Waals surface area contributed by atoms with Gasteiger partial charge in [0.05, 0.1) is 7.11 Å². The van der Waals surface area contributed by atoms with Crippen LogP contribution in [0.5, 0.6) is 5.75 Å². The number of methoxy groups -OCH3 is 1. The molecule has 19 heavy (non-hydrogen) atoms. The Morgan fingerprint density at radius 3 is 2.79 bits per heavy atom. The summed E-state index contributed by atoms with van der Waals surface area (Å²) >= 11 is 0. The molecule has 0 spiro atoms. The lowest BCUT2D eigenvalue weighted by Gasteiger charge is -2.23. The summed E-state index contributed by atoms with van der Waals surface area (Å²) in [7, 11) is 1.75. The fourth-order valence-electron chi connectivity index (χ4n) is 3.36. The molecule has 0 bridgehead atoms. The van der Waals surface area contributed by atoms with E-state index in [4.69, 9.17) is 4.74 Å². The lowest BCUT2D eigenvalue weighted by atomic mass is 9.92.